The Kier molecular flexibility index (Phi) is 57.2. The van der Waals surface area contributed by atoms with Gasteiger partial charge in [0.25, 0.3) is 0 Å². The van der Waals surface area contributed by atoms with Crippen molar-refractivity contribution in [1.82, 2.24) is 0 Å². The van der Waals surface area contributed by atoms with Crippen LogP contribution in [0.3, 0.4) is 0 Å². The monoisotopic (exact) mass is 983 g/mol. The van der Waals surface area contributed by atoms with Crippen molar-refractivity contribution in [3.05, 3.63) is 36.5 Å². The highest BCUT2D eigenvalue weighted by Gasteiger charge is 2.19. The van der Waals surface area contributed by atoms with Crippen molar-refractivity contribution in [3.63, 3.8) is 0 Å². The molecular weight excluding hydrogens is 865 g/mol. The third-order valence-corrected chi connectivity index (χ3v) is 13.9. The summed E-state index contributed by atoms with van der Waals surface area (Å²) in [5.41, 5.74) is 0. The molecule has 6 nitrogen and oxygen atoms in total. The zero-order chi connectivity index (χ0) is 50.7. The van der Waals surface area contributed by atoms with Gasteiger partial charge in [-0.15, -0.1) is 0 Å². The number of unbranched alkanes of at least 4 members (excludes halogenated alkanes) is 40. The molecule has 0 fully saturated rings. The fourth-order valence-corrected chi connectivity index (χ4v) is 9.22. The fourth-order valence-electron chi connectivity index (χ4n) is 9.22. The molecule has 1 atom stereocenters. The molecule has 410 valence electrons. The van der Waals surface area contributed by atoms with Gasteiger partial charge in [-0.2, -0.15) is 0 Å². The largest absolute Gasteiger partial charge is 0.462 e. The number of hydrogen-bond acceptors (Lipinski definition) is 6. The van der Waals surface area contributed by atoms with E-state index in [4.69, 9.17) is 14.2 Å². The summed E-state index contributed by atoms with van der Waals surface area (Å²) in [6.45, 7) is 6.63. The van der Waals surface area contributed by atoms with Crippen LogP contribution in [0, 0.1) is 0 Å². The molecule has 0 rings (SSSR count). The van der Waals surface area contributed by atoms with Gasteiger partial charge in [0.05, 0.1) is 0 Å². The molecule has 0 aliphatic heterocycles. The highest BCUT2D eigenvalue weighted by Crippen LogP contribution is 2.17. The van der Waals surface area contributed by atoms with Crippen LogP contribution in [0.25, 0.3) is 0 Å². The lowest BCUT2D eigenvalue weighted by atomic mass is 10.0. The second kappa shape index (κ2) is 59.2. The topological polar surface area (TPSA) is 78.9 Å². The van der Waals surface area contributed by atoms with E-state index in [1.807, 2.05) is 0 Å². The molecule has 1 unspecified atom stereocenters. The van der Waals surface area contributed by atoms with E-state index < -0.39 is 6.10 Å². The Hall–Kier alpha value is -2.37. The first-order valence-corrected chi connectivity index (χ1v) is 31.0. The lowest BCUT2D eigenvalue weighted by Crippen LogP contribution is -2.30. The van der Waals surface area contributed by atoms with E-state index >= 15 is 0 Å². The smallest absolute Gasteiger partial charge is 0.306 e. The molecule has 0 saturated carbocycles. The van der Waals surface area contributed by atoms with Crippen molar-refractivity contribution in [2.75, 3.05) is 13.2 Å². The maximum Gasteiger partial charge on any atom is 0.306 e. The summed E-state index contributed by atoms with van der Waals surface area (Å²) in [4.78, 5) is 38.1. The van der Waals surface area contributed by atoms with Gasteiger partial charge in [-0.1, -0.05) is 295 Å². The maximum absolute atomic E-state index is 12.9. The lowest BCUT2D eigenvalue weighted by Gasteiger charge is -2.18. The van der Waals surface area contributed by atoms with E-state index in [1.165, 1.54) is 218 Å². The van der Waals surface area contributed by atoms with Gasteiger partial charge < -0.3 is 14.2 Å². The van der Waals surface area contributed by atoms with E-state index in [2.05, 4.69) is 57.2 Å². The summed E-state index contributed by atoms with van der Waals surface area (Å²) in [6, 6.07) is 0. The number of hydrogen-bond donors (Lipinski definition) is 0. The molecule has 0 aliphatic rings. The van der Waals surface area contributed by atoms with Crippen LogP contribution in [0.15, 0.2) is 36.5 Å². The van der Waals surface area contributed by atoms with Gasteiger partial charge in [0, 0.05) is 19.3 Å². The Morgan fingerprint density at radius 3 is 0.829 bits per heavy atom. The second-order valence-electron chi connectivity index (χ2n) is 21.0. The first-order valence-electron chi connectivity index (χ1n) is 31.0. The molecule has 0 aromatic heterocycles. The molecule has 70 heavy (non-hydrogen) atoms. The summed E-state index contributed by atoms with van der Waals surface area (Å²) in [6.07, 6.45) is 71.6. The average molecular weight is 984 g/mol. The molecule has 0 amide bonds. The maximum atomic E-state index is 12.9. The zero-order valence-electron chi connectivity index (χ0n) is 47.1. The first kappa shape index (κ1) is 67.6. The lowest BCUT2D eigenvalue weighted by molar-refractivity contribution is -0.167. The summed E-state index contributed by atoms with van der Waals surface area (Å²) in [7, 11) is 0. The van der Waals surface area contributed by atoms with Crippen LogP contribution in [0.2, 0.25) is 0 Å². The van der Waals surface area contributed by atoms with Gasteiger partial charge in [-0.25, -0.2) is 0 Å². The summed E-state index contributed by atoms with van der Waals surface area (Å²) >= 11 is 0. The number of allylic oxidation sites excluding steroid dienone is 6. The van der Waals surface area contributed by atoms with E-state index in [0.717, 1.165) is 77.0 Å². The number of carbonyl (C=O) groups excluding carboxylic acids is 3. The third-order valence-electron chi connectivity index (χ3n) is 13.9. The molecule has 6 heteroatoms. The first-order chi connectivity index (χ1) is 34.5. The van der Waals surface area contributed by atoms with Gasteiger partial charge in [0.1, 0.15) is 13.2 Å². The number of ether oxygens (including phenoxy) is 3. The Morgan fingerprint density at radius 1 is 0.286 bits per heavy atom. The number of rotatable bonds is 57. The molecule has 0 heterocycles. The van der Waals surface area contributed by atoms with Crippen molar-refractivity contribution in [2.24, 2.45) is 0 Å². The van der Waals surface area contributed by atoms with E-state index in [-0.39, 0.29) is 31.1 Å². The predicted octanol–water partition coefficient (Wildman–Crippen LogP) is 20.8. The Morgan fingerprint density at radius 2 is 0.514 bits per heavy atom. The van der Waals surface area contributed by atoms with Crippen molar-refractivity contribution < 1.29 is 28.6 Å². The second-order valence-corrected chi connectivity index (χ2v) is 21.0. The molecule has 0 aromatic rings. The molecule has 0 aliphatic carbocycles. The van der Waals surface area contributed by atoms with Crippen molar-refractivity contribution in [3.8, 4) is 0 Å². The van der Waals surface area contributed by atoms with Crippen molar-refractivity contribution in [2.45, 2.75) is 341 Å². The molecule has 0 aromatic carbocycles. The van der Waals surface area contributed by atoms with Crippen LogP contribution >= 0.6 is 0 Å². The molecular formula is C64H118O6. The molecule has 0 spiro atoms. The number of esters is 3. The van der Waals surface area contributed by atoms with E-state index in [9.17, 15) is 14.4 Å². The molecule has 0 bridgehead atoms. The minimum Gasteiger partial charge on any atom is -0.462 e. The Balaban J connectivity index is 4.19. The van der Waals surface area contributed by atoms with Crippen LogP contribution in [0.5, 0.6) is 0 Å². The standard InChI is InChI=1S/C64H118O6/c1-4-7-10-13-16-19-21-23-25-27-29-30-31-32-33-35-36-38-40-42-45-48-51-54-57-63(66)69-60-61(59-68-62(65)56-53-50-47-44-18-15-12-9-6-3)70-64(67)58-55-52-49-46-43-41-39-37-34-28-26-24-22-20-17-14-11-8-5-2/h17,20,24,26,34,37,61H,4-16,18-19,21-23,25,27-33,35-36,38-60H2,1-3H3/b20-17-,26-24-,37-34-. The third kappa shape index (κ3) is 56.5. The van der Waals surface area contributed by atoms with Gasteiger partial charge in [0.2, 0.25) is 0 Å². The van der Waals surface area contributed by atoms with Gasteiger partial charge in [0.15, 0.2) is 6.10 Å². The SMILES string of the molecule is CCCCC/C=C\C/C=C\C/C=C\CCCCCCCCC(=O)OC(COC(=O)CCCCCCCCCCC)COC(=O)CCCCCCCCCCCCCCCCCCCCCCCCCC. The van der Waals surface area contributed by atoms with Crippen molar-refractivity contribution >= 4 is 17.9 Å². The predicted molar refractivity (Wildman–Crippen MR) is 302 cm³/mol. The van der Waals surface area contributed by atoms with E-state index in [0.29, 0.717) is 19.3 Å². The average Bonchev–Trinajstić information content (AvgIpc) is 3.36. The highest BCUT2D eigenvalue weighted by atomic mass is 16.6. The molecule has 0 saturated heterocycles. The highest BCUT2D eigenvalue weighted by molar-refractivity contribution is 5.71. The van der Waals surface area contributed by atoms with Crippen LogP contribution in [-0.2, 0) is 28.6 Å². The Labute approximate surface area is 435 Å². The van der Waals surface area contributed by atoms with Gasteiger partial charge in [-0.3, -0.25) is 14.4 Å². The van der Waals surface area contributed by atoms with Crippen molar-refractivity contribution in [1.29, 1.82) is 0 Å². The number of carbonyl (C=O) groups is 3. The van der Waals surface area contributed by atoms with Gasteiger partial charge >= 0.3 is 17.9 Å². The summed E-state index contributed by atoms with van der Waals surface area (Å²) in [5.74, 6) is -0.868. The molecule has 0 radical (unpaired) electrons. The quantitative estimate of drug-likeness (QED) is 0.0261. The van der Waals surface area contributed by atoms with Crippen LogP contribution in [0.1, 0.15) is 335 Å². The fraction of sp³-hybridized carbons (Fsp3) is 0.859. The van der Waals surface area contributed by atoms with E-state index in [1.54, 1.807) is 0 Å². The Bertz CT molecular complexity index is 1170. The minimum atomic E-state index is -0.775. The minimum absolute atomic E-state index is 0.0729. The van der Waals surface area contributed by atoms with Crippen LogP contribution in [-0.4, -0.2) is 37.2 Å². The van der Waals surface area contributed by atoms with Crippen LogP contribution < -0.4 is 0 Å². The van der Waals surface area contributed by atoms with Gasteiger partial charge in [-0.05, 0) is 57.8 Å². The normalized spacial score (nSPS) is 12.2. The summed E-state index contributed by atoms with van der Waals surface area (Å²) < 4.78 is 16.9. The molecule has 0 N–H and O–H groups in total. The zero-order valence-corrected chi connectivity index (χ0v) is 47.1. The summed E-state index contributed by atoms with van der Waals surface area (Å²) in [5, 5.41) is 0. The van der Waals surface area contributed by atoms with Crippen LogP contribution in [0.4, 0.5) is 0 Å².